The zero-order valence-electron chi connectivity index (χ0n) is 24.4. The number of thioether (sulfide) groups is 1. The first-order chi connectivity index (χ1) is 22.4. The van der Waals surface area contributed by atoms with Crippen LogP contribution in [-0.2, 0) is 9.59 Å². The molecule has 10 heteroatoms. The number of anilines is 2. The molecule has 4 amide bonds. The molecule has 5 N–H and O–H groups in total. The number of carbonyl (C=O) groups excluding carboxylic acids is 4. The number of aromatic nitrogens is 1. The SMILES string of the molecule is NC(=O)c1ccccc1NC(=O)C(Sc1cccc(NC(=O)/C(=C\c2cccnc2)NC(=O)c2ccccc2)c1)c1ccccc1. The predicted molar refractivity (Wildman–Crippen MR) is 180 cm³/mol. The fourth-order valence-corrected chi connectivity index (χ4v) is 5.54. The monoisotopic (exact) mass is 627 g/mol. The van der Waals surface area contributed by atoms with Gasteiger partial charge >= 0.3 is 0 Å². The van der Waals surface area contributed by atoms with Gasteiger partial charge in [0.15, 0.2) is 0 Å². The topological polar surface area (TPSA) is 143 Å². The van der Waals surface area contributed by atoms with Gasteiger partial charge < -0.3 is 21.7 Å². The molecule has 0 bridgehead atoms. The standard InChI is InChI=1S/C36H29N5O4S/c37-33(42)29-18-7-8-19-30(29)40-36(45)32(25-12-3-1-4-13-25)46-28-17-9-16-27(22-28)39-35(44)31(21-24-11-10-20-38-23-24)41-34(43)26-14-5-2-6-15-26/h1-23,32H,(H2,37,42)(H,39,44)(H,40,45)(H,41,43)/b31-21+. The zero-order chi connectivity index (χ0) is 32.3. The second-order valence-corrected chi connectivity index (χ2v) is 11.1. The Morgan fingerprint density at radius 1 is 0.761 bits per heavy atom. The molecule has 0 aliphatic rings. The summed E-state index contributed by atoms with van der Waals surface area (Å²) >= 11 is 1.27. The van der Waals surface area contributed by atoms with Crippen LogP contribution in [0.3, 0.4) is 0 Å². The summed E-state index contributed by atoms with van der Waals surface area (Å²) in [6, 6.07) is 34.9. The molecule has 5 aromatic rings. The lowest BCUT2D eigenvalue weighted by Gasteiger charge is -2.18. The van der Waals surface area contributed by atoms with E-state index < -0.39 is 23.0 Å². The smallest absolute Gasteiger partial charge is 0.272 e. The third kappa shape index (κ3) is 8.34. The summed E-state index contributed by atoms with van der Waals surface area (Å²) in [5.41, 5.74) is 8.27. The van der Waals surface area contributed by atoms with E-state index in [-0.39, 0.29) is 17.2 Å². The van der Waals surface area contributed by atoms with Crippen LogP contribution in [0.4, 0.5) is 11.4 Å². The lowest BCUT2D eigenvalue weighted by molar-refractivity contribution is -0.116. The summed E-state index contributed by atoms with van der Waals surface area (Å²) < 4.78 is 0. The number of benzene rings is 4. The van der Waals surface area contributed by atoms with Gasteiger partial charge in [-0.3, -0.25) is 24.2 Å². The quantitative estimate of drug-likeness (QED) is 0.104. The van der Waals surface area contributed by atoms with E-state index in [4.69, 9.17) is 5.73 Å². The van der Waals surface area contributed by atoms with Gasteiger partial charge in [-0.1, -0.05) is 72.8 Å². The number of hydrogen-bond acceptors (Lipinski definition) is 6. The number of nitrogens with one attached hydrogen (secondary N) is 3. The lowest BCUT2D eigenvalue weighted by Crippen LogP contribution is -2.30. The molecule has 228 valence electrons. The number of hydrogen-bond donors (Lipinski definition) is 4. The van der Waals surface area contributed by atoms with E-state index in [1.807, 2.05) is 36.4 Å². The fraction of sp³-hybridized carbons (Fsp3) is 0.0278. The first-order valence-corrected chi connectivity index (χ1v) is 15.1. The van der Waals surface area contributed by atoms with Gasteiger partial charge in [0.25, 0.3) is 17.7 Å². The fourth-order valence-electron chi connectivity index (χ4n) is 4.46. The van der Waals surface area contributed by atoms with Crippen molar-refractivity contribution in [3.05, 3.63) is 162 Å². The maximum atomic E-state index is 13.6. The third-order valence-corrected chi connectivity index (χ3v) is 7.91. The first kappa shape index (κ1) is 31.4. The summed E-state index contributed by atoms with van der Waals surface area (Å²) in [6.07, 6.45) is 4.74. The number of primary amides is 1. The van der Waals surface area contributed by atoms with Crippen LogP contribution in [0.5, 0.6) is 0 Å². The van der Waals surface area contributed by atoms with Crippen LogP contribution in [0.1, 0.15) is 37.1 Å². The second-order valence-electron chi connectivity index (χ2n) is 9.95. The van der Waals surface area contributed by atoms with Crippen molar-refractivity contribution in [1.29, 1.82) is 0 Å². The number of amides is 4. The Morgan fingerprint density at radius 3 is 2.20 bits per heavy atom. The van der Waals surface area contributed by atoms with Crippen LogP contribution >= 0.6 is 11.8 Å². The van der Waals surface area contributed by atoms with Gasteiger partial charge in [0, 0.05) is 28.5 Å². The number of carbonyl (C=O) groups is 4. The molecule has 1 aromatic heterocycles. The van der Waals surface area contributed by atoms with Gasteiger partial charge in [-0.15, -0.1) is 11.8 Å². The van der Waals surface area contributed by atoms with Crippen LogP contribution in [0.25, 0.3) is 6.08 Å². The molecule has 1 unspecified atom stereocenters. The molecule has 1 atom stereocenters. The molecular formula is C36H29N5O4S. The number of rotatable bonds is 11. The Bertz CT molecular complexity index is 1880. The number of pyridine rings is 1. The largest absolute Gasteiger partial charge is 0.366 e. The minimum Gasteiger partial charge on any atom is -0.366 e. The molecule has 0 saturated carbocycles. The molecule has 4 aromatic carbocycles. The number of para-hydroxylation sites is 1. The van der Waals surface area contributed by atoms with E-state index in [0.717, 1.165) is 5.56 Å². The number of nitrogens with zero attached hydrogens (tertiary/aromatic N) is 1. The van der Waals surface area contributed by atoms with Crippen LogP contribution < -0.4 is 21.7 Å². The Hall–Kier alpha value is -6.00. The molecule has 0 saturated heterocycles. The van der Waals surface area contributed by atoms with Crippen LogP contribution in [0, 0.1) is 0 Å². The second kappa shape index (κ2) is 15.1. The summed E-state index contributed by atoms with van der Waals surface area (Å²) in [4.78, 5) is 56.8. The molecule has 46 heavy (non-hydrogen) atoms. The van der Waals surface area contributed by atoms with E-state index in [1.165, 1.54) is 11.8 Å². The van der Waals surface area contributed by atoms with Crippen molar-refractivity contribution in [2.24, 2.45) is 5.73 Å². The highest BCUT2D eigenvalue weighted by atomic mass is 32.2. The Kier molecular flexibility index (Phi) is 10.3. The van der Waals surface area contributed by atoms with E-state index >= 15 is 0 Å². The molecule has 1 heterocycles. The molecule has 0 radical (unpaired) electrons. The molecule has 9 nitrogen and oxygen atoms in total. The maximum Gasteiger partial charge on any atom is 0.272 e. The van der Waals surface area contributed by atoms with Crippen molar-refractivity contribution >= 4 is 52.8 Å². The van der Waals surface area contributed by atoms with Crippen LogP contribution in [-0.4, -0.2) is 28.6 Å². The van der Waals surface area contributed by atoms with Crippen molar-refractivity contribution in [2.45, 2.75) is 10.1 Å². The van der Waals surface area contributed by atoms with E-state index in [9.17, 15) is 19.2 Å². The predicted octanol–water partition coefficient (Wildman–Crippen LogP) is 6.06. The molecule has 0 aliphatic carbocycles. The highest BCUT2D eigenvalue weighted by Gasteiger charge is 2.24. The average molecular weight is 628 g/mol. The average Bonchev–Trinajstić information content (AvgIpc) is 3.08. The van der Waals surface area contributed by atoms with Crippen molar-refractivity contribution in [3.63, 3.8) is 0 Å². The molecule has 0 fully saturated rings. The third-order valence-electron chi connectivity index (χ3n) is 6.66. The highest BCUT2D eigenvalue weighted by Crippen LogP contribution is 2.37. The Balaban J connectivity index is 1.38. The molecule has 0 aliphatic heterocycles. The van der Waals surface area contributed by atoms with Gasteiger partial charge in [0.2, 0.25) is 5.91 Å². The molecule has 5 rings (SSSR count). The van der Waals surface area contributed by atoms with Crippen LogP contribution in [0.15, 0.2) is 144 Å². The van der Waals surface area contributed by atoms with E-state index in [2.05, 4.69) is 20.9 Å². The Morgan fingerprint density at radius 2 is 1.48 bits per heavy atom. The maximum absolute atomic E-state index is 13.6. The first-order valence-electron chi connectivity index (χ1n) is 14.2. The molecule has 0 spiro atoms. The summed E-state index contributed by atoms with van der Waals surface area (Å²) in [6.45, 7) is 0. The summed E-state index contributed by atoms with van der Waals surface area (Å²) in [5.74, 6) is -2.00. The van der Waals surface area contributed by atoms with Crippen molar-refractivity contribution in [3.8, 4) is 0 Å². The highest BCUT2D eigenvalue weighted by molar-refractivity contribution is 8.00. The van der Waals surface area contributed by atoms with Crippen molar-refractivity contribution in [1.82, 2.24) is 10.3 Å². The van der Waals surface area contributed by atoms with Crippen molar-refractivity contribution in [2.75, 3.05) is 10.6 Å². The summed E-state index contributed by atoms with van der Waals surface area (Å²) in [5, 5.41) is 7.70. The lowest BCUT2D eigenvalue weighted by atomic mass is 10.1. The molecular weight excluding hydrogens is 598 g/mol. The number of nitrogens with two attached hydrogens (primary N) is 1. The van der Waals surface area contributed by atoms with E-state index in [0.29, 0.717) is 27.4 Å². The van der Waals surface area contributed by atoms with Gasteiger partial charge in [0.05, 0.1) is 11.3 Å². The van der Waals surface area contributed by atoms with Gasteiger partial charge in [0.1, 0.15) is 10.9 Å². The zero-order valence-corrected chi connectivity index (χ0v) is 25.2. The minimum atomic E-state index is -0.709. The Labute approximate surface area is 270 Å². The van der Waals surface area contributed by atoms with E-state index in [1.54, 1.807) is 103 Å². The minimum absolute atomic E-state index is 0.0227. The van der Waals surface area contributed by atoms with Crippen LogP contribution in [0.2, 0.25) is 0 Å². The normalized spacial score (nSPS) is 11.6. The van der Waals surface area contributed by atoms with Crippen molar-refractivity contribution < 1.29 is 19.2 Å². The summed E-state index contributed by atoms with van der Waals surface area (Å²) in [7, 11) is 0. The van der Waals surface area contributed by atoms with Gasteiger partial charge in [-0.05, 0) is 65.7 Å². The van der Waals surface area contributed by atoms with Gasteiger partial charge in [-0.25, -0.2) is 0 Å². The van der Waals surface area contributed by atoms with Gasteiger partial charge in [-0.2, -0.15) is 0 Å².